The molecule has 2 rings (SSSR count). The Hall–Kier alpha value is -2.06. The minimum atomic E-state index is -4.51. The summed E-state index contributed by atoms with van der Waals surface area (Å²) in [6, 6.07) is 4.46. The second-order valence-electron chi connectivity index (χ2n) is 5.35. The number of nitrogens with zero attached hydrogens (tertiary/aromatic N) is 2. The fourth-order valence-corrected chi connectivity index (χ4v) is 2.31. The van der Waals surface area contributed by atoms with Crippen LogP contribution >= 0.6 is 11.6 Å². The van der Waals surface area contributed by atoms with Crippen LogP contribution in [0.4, 0.5) is 19.0 Å². The topological polar surface area (TPSA) is 56.1 Å². The zero-order chi connectivity index (χ0) is 18.6. The largest absolute Gasteiger partial charge is 0.416 e. The van der Waals surface area contributed by atoms with Crippen LogP contribution in [0.2, 0.25) is 5.02 Å². The molecule has 1 N–H and O–H groups in total. The molecule has 0 unspecified atom stereocenters. The van der Waals surface area contributed by atoms with Gasteiger partial charge in [-0.25, -0.2) is 4.68 Å². The minimum absolute atomic E-state index is 0.0226. The first-order chi connectivity index (χ1) is 11.7. The Labute approximate surface area is 147 Å². The number of hydrogen-bond donors (Lipinski definition) is 1. The number of alkyl halides is 3. The molecule has 0 aliphatic heterocycles. The summed E-state index contributed by atoms with van der Waals surface area (Å²) in [6.07, 6.45) is -3.75. The molecular weight excluding hydrogens is 359 g/mol. The smallest absolute Gasteiger partial charge is 0.372 e. The Kier molecular flexibility index (Phi) is 6.07. The van der Waals surface area contributed by atoms with Gasteiger partial charge in [0.2, 0.25) is 0 Å². The first kappa shape index (κ1) is 19.3. The van der Waals surface area contributed by atoms with Crippen LogP contribution in [0.1, 0.15) is 24.6 Å². The van der Waals surface area contributed by atoms with Crippen molar-refractivity contribution in [1.29, 1.82) is 0 Å². The van der Waals surface area contributed by atoms with Gasteiger partial charge >= 0.3 is 6.18 Å². The number of ether oxygens (including phenoxy) is 1. The van der Waals surface area contributed by atoms with E-state index in [1.54, 1.807) is 6.92 Å². The predicted molar refractivity (Wildman–Crippen MR) is 88.1 cm³/mol. The zero-order valence-corrected chi connectivity index (χ0v) is 14.4. The normalized spacial score (nSPS) is 11.6. The van der Waals surface area contributed by atoms with Crippen LogP contribution in [-0.2, 0) is 15.7 Å². The number of anilines is 1. The van der Waals surface area contributed by atoms with Gasteiger partial charge in [-0.15, -0.1) is 0 Å². The van der Waals surface area contributed by atoms with Crippen molar-refractivity contribution >= 4 is 23.3 Å². The van der Waals surface area contributed by atoms with Crippen LogP contribution in [0.25, 0.3) is 5.69 Å². The van der Waals surface area contributed by atoms with Crippen molar-refractivity contribution in [3.05, 3.63) is 40.5 Å². The Morgan fingerprint density at radius 3 is 2.72 bits per heavy atom. The second kappa shape index (κ2) is 7.88. The summed E-state index contributed by atoms with van der Waals surface area (Å²) in [7, 11) is 0. The van der Waals surface area contributed by atoms with E-state index in [2.05, 4.69) is 10.4 Å². The van der Waals surface area contributed by atoms with Crippen molar-refractivity contribution in [1.82, 2.24) is 9.78 Å². The lowest BCUT2D eigenvalue weighted by atomic mass is 10.2. The van der Waals surface area contributed by atoms with E-state index in [9.17, 15) is 18.0 Å². The third-order valence-electron chi connectivity index (χ3n) is 3.18. The van der Waals surface area contributed by atoms with Gasteiger partial charge in [0.1, 0.15) is 12.4 Å². The van der Waals surface area contributed by atoms with Gasteiger partial charge in [0.05, 0.1) is 22.0 Å². The van der Waals surface area contributed by atoms with Crippen molar-refractivity contribution in [3.63, 3.8) is 0 Å². The zero-order valence-electron chi connectivity index (χ0n) is 13.7. The number of hydrogen-bond acceptors (Lipinski definition) is 3. The highest BCUT2D eigenvalue weighted by Gasteiger charge is 2.31. The second-order valence-corrected chi connectivity index (χ2v) is 5.75. The fourth-order valence-electron chi connectivity index (χ4n) is 2.11. The van der Waals surface area contributed by atoms with Gasteiger partial charge in [0.15, 0.2) is 0 Å². The maximum Gasteiger partial charge on any atom is 0.416 e. The molecule has 5 nitrogen and oxygen atoms in total. The molecule has 0 radical (unpaired) electrons. The van der Waals surface area contributed by atoms with Crippen molar-refractivity contribution in [2.24, 2.45) is 0 Å². The van der Waals surface area contributed by atoms with Gasteiger partial charge in [-0.3, -0.25) is 4.79 Å². The van der Waals surface area contributed by atoms with Gasteiger partial charge in [0.25, 0.3) is 5.91 Å². The molecule has 0 fully saturated rings. The van der Waals surface area contributed by atoms with E-state index >= 15 is 0 Å². The standard InChI is InChI=1S/C16H17ClF3N3O2/c1-3-6-25-9-15(24)21-14-7-10(2)22-23(14)13-8-11(16(18,19)20)4-5-12(13)17/h4-5,7-8H,3,6,9H2,1-2H3,(H,21,24). The van der Waals surface area contributed by atoms with Crippen LogP contribution in [0.3, 0.4) is 0 Å². The van der Waals surface area contributed by atoms with Gasteiger partial charge in [-0.2, -0.15) is 18.3 Å². The average molecular weight is 376 g/mol. The molecule has 0 saturated carbocycles. The maximum atomic E-state index is 12.9. The molecule has 0 saturated heterocycles. The Bertz CT molecular complexity index is 760. The van der Waals surface area contributed by atoms with Gasteiger partial charge < -0.3 is 10.1 Å². The number of amides is 1. The van der Waals surface area contributed by atoms with Crippen LogP contribution < -0.4 is 5.32 Å². The van der Waals surface area contributed by atoms with E-state index in [1.165, 1.54) is 10.7 Å². The number of nitrogens with one attached hydrogen (secondary N) is 1. The SMILES string of the molecule is CCCOCC(=O)Nc1cc(C)nn1-c1cc(C(F)(F)F)ccc1Cl. The van der Waals surface area contributed by atoms with Crippen LogP contribution in [-0.4, -0.2) is 28.9 Å². The lowest BCUT2D eigenvalue weighted by Gasteiger charge is -2.13. The molecule has 0 atom stereocenters. The minimum Gasteiger partial charge on any atom is -0.372 e. The van der Waals surface area contributed by atoms with Crippen molar-refractivity contribution in [2.75, 3.05) is 18.5 Å². The molecule has 1 aromatic heterocycles. The molecule has 0 aliphatic rings. The fraction of sp³-hybridized carbons (Fsp3) is 0.375. The number of carbonyl (C=O) groups excluding carboxylic acids is 1. The first-order valence-corrected chi connectivity index (χ1v) is 7.91. The highest BCUT2D eigenvalue weighted by Crippen LogP contribution is 2.34. The molecule has 25 heavy (non-hydrogen) atoms. The molecule has 1 heterocycles. The number of aromatic nitrogens is 2. The van der Waals surface area contributed by atoms with E-state index in [0.717, 1.165) is 24.6 Å². The summed E-state index contributed by atoms with van der Waals surface area (Å²) in [5.41, 5.74) is -0.323. The Balaban J connectivity index is 2.33. The molecule has 2 aromatic rings. The van der Waals surface area contributed by atoms with Crippen LogP contribution in [0.5, 0.6) is 0 Å². The molecule has 0 spiro atoms. The summed E-state index contributed by atoms with van der Waals surface area (Å²) in [6.45, 7) is 3.84. The quantitative estimate of drug-likeness (QED) is 0.769. The van der Waals surface area contributed by atoms with E-state index in [0.29, 0.717) is 12.3 Å². The van der Waals surface area contributed by atoms with E-state index < -0.39 is 17.6 Å². The van der Waals surface area contributed by atoms with Crippen LogP contribution in [0.15, 0.2) is 24.3 Å². The summed E-state index contributed by atoms with van der Waals surface area (Å²) >= 11 is 6.04. The van der Waals surface area contributed by atoms with Crippen molar-refractivity contribution in [2.45, 2.75) is 26.4 Å². The third-order valence-corrected chi connectivity index (χ3v) is 3.50. The molecule has 1 amide bonds. The summed E-state index contributed by atoms with van der Waals surface area (Å²) < 4.78 is 45.1. The summed E-state index contributed by atoms with van der Waals surface area (Å²) in [5.74, 6) is -0.221. The van der Waals surface area contributed by atoms with Gasteiger partial charge in [0, 0.05) is 12.7 Å². The highest BCUT2D eigenvalue weighted by molar-refractivity contribution is 6.32. The van der Waals surface area contributed by atoms with Crippen molar-refractivity contribution in [3.8, 4) is 5.69 Å². The molecule has 0 bridgehead atoms. The molecule has 9 heteroatoms. The first-order valence-electron chi connectivity index (χ1n) is 7.53. The van der Waals surface area contributed by atoms with Gasteiger partial charge in [-0.1, -0.05) is 18.5 Å². The van der Waals surface area contributed by atoms with Crippen molar-refractivity contribution < 1.29 is 22.7 Å². The van der Waals surface area contributed by atoms with Gasteiger partial charge in [-0.05, 0) is 31.5 Å². The predicted octanol–water partition coefficient (Wildman–Crippen LogP) is 4.22. The number of halogens is 4. The number of benzene rings is 1. The molecule has 1 aromatic carbocycles. The number of carbonyl (C=O) groups is 1. The summed E-state index contributed by atoms with van der Waals surface area (Å²) in [4.78, 5) is 11.9. The molecule has 136 valence electrons. The lowest BCUT2D eigenvalue weighted by molar-refractivity contribution is -0.137. The molecular formula is C16H17ClF3N3O2. The Morgan fingerprint density at radius 2 is 2.08 bits per heavy atom. The van der Waals surface area contributed by atoms with E-state index in [4.69, 9.17) is 16.3 Å². The van der Waals surface area contributed by atoms with E-state index in [1.807, 2.05) is 6.92 Å². The number of aryl methyl sites for hydroxylation is 1. The highest BCUT2D eigenvalue weighted by atomic mass is 35.5. The maximum absolute atomic E-state index is 12.9. The summed E-state index contributed by atoms with van der Waals surface area (Å²) in [5, 5.41) is 6.77. The Morgan fingerprint density at radius 1 is 1.36 bits per heavy atom. The monoisotopic (exact) mass is 375 g/mol. The molecule has 0 aliphatic carbocycles. The van der Waals surface area contributed by atoms with E-state index in [-0.39, 0.29) is 23.1 Å². The lowest BCUT2D eigenvalue weighted by Crippen LogP contribution is -2.20. The average Bonchev–Trinajstić information content (AvgIpc) is 2.87. The third kappa shape index (κ3) is 4.96. The van der Waals surface area contributed by atoms with Crippen LogP contribution in [0, 0.1) is 6.92 Å². The number of rotatable bonds is 6.